The van der Waals surface area contributed by atoms with Crippen LogP contribution >= 0.6 is 0 Å². The highest BCUT2D eigenvalue weighted by Crippen LogP contribution is 2.36. The van der Waals surface area contributed by atoms with E-state index >= 15 is 0 Å². The van der Waals surface area contributed by atoms with Gasteiger partial charge in [0.05, 0.1) is 12.2 Å². The number of aliphatic hydroxyl groups is 3. The highest BCUT2D eigenvalue weighted by Gasteiger charge is 2.39. The topological polar surface area (TPSA) is 63.9 Å². The molecule has 1 aromatic carbocycles. The fourth-order valence-electron chi connectivity index (χ4n) is 4.22. The Morgan fingerprint density at radius 3 is 2.26 bits per heavy atom. The van der Waals surface area contributed by atoms with Crippen LogP contribution in [0.5, 0.6) is 0 Å². The quantitative estimate of drug-likeness (QED) is 0.794. The number of β-amino-alcohol motifs (C(OH)–C–C–N with tert-alkyl or cyclic N) is 1. The van der Waals surface area contributed by atoms with Gasteiger partial charge in [-0.3, -0.25) is 4.90 Å². The summed E-state index contributed by atoms with van der Waals surface area (Å²) in [7, 11) is 0. The van der Waals surface area contributed by atoms with E-state index in [1.54, 1.807) is 0 Å². The van der Waals surface area contributed by atoms with Crippen LogP contribution in [0.25, 0.3) is 0 Å². The molecule has 23 heavy (non-hydrogen) atoms. The van der Waals surface area contributed by atoms with E-state index in [1.807, 2.05) is 6.92 Å². The molecule has 0 bridgehead atoms. The van der Waals surface area contributed by atoms with Crippen molar-refractivity contribution in [3.63, 3.8) is 0 Å². The highest BCUT2D eigenvalue weighted by molar-refractivity contribution is 5.19. The molecule has 128 valence electrons. The minimum absolute atomic E-state index is 0.0970. The van der Waals surface area contributed by atoms with E-state index in [0.717, 1.165) is 6.54 Å². The van der Waals surface area contributed by atoms with E-state index in [1.165, 1.54) is 31.2 Å². The number of likely N-dealkylation sites (tertiary alicyclic amines) is 1. The molecule has 2 fully saturated rings. The normalized spacial score (nSPS) is 39.3. The molecule has 1 aromatic rings. The maximum absolute atomic E-state index is 10.1. The summed E-state index contributed by atoms with van der Waals surface area (Å²) in [4.78, 5) is 2.15. The Morgan fingerprint density at radius 1 is 0.957 bits per heavy atom. The van der Waals surface area contributed by atoms with Crippen LogP contribution in [0.4, 0.5) is 0 Å². The predicted octanol–water partition coefficient (Wildman–Crippen LogP) is 1.75. The number of nitrogens with zero attached hydrogens (tertiary/aromatic N) is 1. The van der Waals surface area contributed by atoms with Gasteiger partial charge in [0.15, 0.2) is 0 Å². The molecule has 1 heterocycles. The zero-order valence-corrected chi connectivity index (χ0v) is 13.9. The molecule has 4 atom stereocenters. The average Bonchev–Trinajstić information content (AvgIpc) is 2.59. The van der Waals surface area contributed by atoms with E-state index in [4.69, 9.17) is 0 Å². The third-order valence-electron chi connectivity index (χ3n) is 5.85. The van der Waals surface area contributed by atoms with Gasteiger partial charge in [0, 0.05) is 19.1 Å². The van der Waals surface area contributed by atoms with Crippen LogP contribution in [0.2, 0.25) is 0 Å². The van der Waals surface area contributed by atoms with Crippen LogP contribution in [0.15, 0.2) is 30.3 Å². The summed E-state index contributed by atoms with van der Waals surface area (Å²) < 4.78 is 0. The van der Waals surface area contributed by atoms with Crippen molar-refractivity contribution in [3.8, 4) is 0 Å². The second-order valence-electron chi connectivity index (χ2n) is 7.37. The number of benzene rings is 1. The van der Waals surface area contributed by atoms with E-state index in [2.05, 4.69) is 35.2 Å². The summed E-state index contributed by atoms with van der Waals surface area (Å²) in [5.74, 6) is 1.29. The monoisotopic (exact) mass is 319 g/mol. The average molecular weight is 319 g/mol. The summed E-state index contributed by atoms with van der Waals surface area (Å²) >= 11 is 0. The maximum Gasteiger partial charge on any atom is 0.108 e. The first-order chi connectivity index (χ1) is 11.1. The van der Waals surface area contributed by atoms with Gasteiger partial charge in [-0.25, -0.2) is 0 Å². The van der Waals surface area contributed by atoms with Crippen LogP contribution in [-0.4, -0.2) is 57.7 Å². The standard InChI is InChI=1S/C19H29NO3/c1-13-18(22)19(23)17(21)12-20(13)11-14-7-9-16(10-8-14)15-5-3-2-4-6-15/h2-6,13-14,16-19,21-23H,7-12H2,1H3/t13-,14?,16?,17+,18-,19-/m1/s1. The molecule has 2 aliphatic rings. The Bertz CT molecular complexity index is 487. The lowest BCUT2D eigenvalue weighted by atomic mass is 9.78. The summed E-state index contributed by atoms with van der Waals surface area (Å²) in [5, 5.41) is 29.7. The van der Waals surface area contributed by atoms with Crippen LogP contribution in [0.1, 0.15) is 44.1 Å². The van der Waals surface area contributed by atoms with E-state index in [9.17, 15) is 15.3 Å². The SMILES string of the molecule is C[C@@H]1[C@@H](O)[C@H](O)[C@@H](O)CN1CC1CCC(c2ccccc2)CC1. The third-order valence-corrected chi connectivity index (χ3v) is 5.85. The molecule has 0 unspecified atom stereocenters. The zero-order valence-electron chi connectivity index (χ0n) is 13.9. The van der Waals surface area contributed by atoms with Crippen molar-refractivity contribution < 1.29 is 15.3 Å². The van der Waals surface area contributed by atoms with Gasteiger partial charge in [-0.15, -0.1) is 0 Å². The molecule has 0 spiro atoms. The van der Waals surface area contributed by atoms with Crippen molar-refractivity contribution in [1.82, 2.24) is 4.90 Å². The summed E-state index contributed by atoms with van der Waals surface area (Å²) in [6.45, 7) is 3.30. The molecule has 4 heteroatoms. The number of hydrogen-bond donors (Lipinski definition) is 3. The van der Waals surface area contributed by atoms with E-state index in [0.29, 0.717) is 18.4 Å². The number of hydrogen-bond acceptors (Lipinski definition) is 4. The maximum atomic E-state index is 10.1. The van der Waals surface area contributed by atoms with Gasteiger partial charge >= 0.3 is 0 Å². The fraction of sp³-hybridized carbons (Fsp3) is 0.684. The fourth-order valence-corrected chi connectivity index (χ4v) is 4.22. The van der Waals surface area contributed by atoms with E-state index < -0.39 is 18.3 Å². The van der Waals surface area contributed by atoms with Crippen molar-refractivity contribution in [1.29, 1.82) is 0 Å². The lowest BCUT2D eigenvalue weighted by molar-refractivity contribution is -0.136. The second-order valence-corrected chi connectivity index (χ2v) is 7.37. The van der Waals surface area contributed by atoms with Gasteiger partial charge in [-0.1, -0.05) is 30.3 Å². The Morgan fingerprint density at radius 2 is 1.61 bits per heavy atom. The second kappa shape index (κ2) is 7.31. The Kier molecular flexibility index (Phi) is 5.37. The first-order valence-corrected chi connectivity index (χ1v) is 8.89. The van der Waals surface area contributed by atoms with Gasteiger partial charge in [-0.2, -0.15) is 0 Å². The predicted molar refractivity (Wildman–Crippen MR) is 90.2 cm³/mol. The van der Waals surface area contributed by atoms with Crippen molar-refractivity contribution >= 4 is 0 Å². The van der Waals surface area contributed by atoms with Crippen molar-refractivity contribution in [2.75, 3.05) is 13.1 Å². The molecule has 1 aliphatic carbocycles. The van der Waals surface area contributed by atoms with Crippen LogP contribution in [0, 0.1) is 5.92 Å². The Hall–Kier alpha value is -0.940. The Balaban J connectivity index is 1.53. The molecule has 3 rings (SSSR count). The van der Waals surface area contributed by atoms with Crippen LogP contribution in [0.3, 0.4) is 0 Å². The first-order valence-electron chi connectivity index (χ1n) is 8.89. The zero-order chi connectivity index (χ0) is 16.4. The molecule has 4 nitrogen and oxygen atoms in total. The smallest absolute Gasteiger partial charge is 0.108 e. The first kappa shape index (κ1) is 16.9. The minimum atomic E-state index is -1.02. The number of rotatable bonds is 3. The number of aliphatic hydroxyl groups excluding tert-OH is 3. The molecular weight excluding hydrogens is 290 g/mol. The van der Waals surface area contributed by atoms with Crippen molar-refractivity contribution in [2.24, 2.45) is 5.92 Å². The summed E-state index contributed by atoms with van der Waals surface area (Å²) in [5.41, 5.74) is 1.45. The molecule has 0 amide bonds. The van der Waals surface area contributed by atoms with Crippen molar-refractivity contribution in [3.05, 3.63) is 35.9 Å². The lowest BCUT2D eigenvalue weighted by Gasteiger charge is -2.44. The summed E-state index contributed by atoms with van der Waals surface area (Å²) in [6, 6.07) is 10.7. The molecular formula is C19H29NO3. The third kappa shape index (κ3) is 3.77. The van der Waals surface area contributed by atoms with Gasteiger partial charge in [-0.05, 0) is 50.0 Å². The van der Waals surface area contributed by atoms with Gasteiger partial charge < -0.3 is 15.3 Å². The minimum Gasteiger partial charge on any atom is -0.389 e. The molecule has 3 N–H and O–H groups in total. The van der Waals surface area contributed by atoms with E-state index in [-0.39, 0.29) is 6.04 Å². The molecule has 0 aromatic heterocycles. The molecule has 0 radical (unpaired) electrons. The molecule has 1 aliphatic heterocycles. The Labute approximate surface area is 138 Å². The largest absolute Gasteiger partial charge is 0.389 e. The molecule has 1 saturated heterocycles. The lowest BCUT2D eigenvalue weighted by Crippen LogP contribution is -2.60. The number of piperidine rings is 1. The van der Waals surface area contributed by atoms with Gasteiger partial charge in [0.25, 0.3) is 0 Å². The van der Waals surface area contributed by atoms with Crippen molar-refractivity contribution in [2.45, 2.75) is 62.9 Å². The van der Waals surface area contributed by atoms with Crippen LogP contribution < -0.4 is 0 Å². The van der Waals surface area contributed by atoms with Gasteiger partial charge in [0.1, 0.15) is 6.10 Å². The highest BCUT2D eigenvalue weighted by atomic mass is 16.4. The van der Waals surface area contributed by atoms with Gasteiger partial charge in [0.2, 0.25) is 0 Å². The molecule has 1 saturated carbocycles. The van der Waals surface area contributed by atoms with Crippen LogP contribution in [-0.2, 0) is 0 Å². The summed E-state index contributed by atoms with van der Waals surface area (Å²) in [6.07, 6.45) is 2.08.